The zero-order valence-electron chi connectivity index (χ0n) is 18.3. The summed E-state index contributed by atoms with van der Waals surface area (Å²) in [6, 6.07) is 21.0. The minimum Gasteiger partial charge on any atom is -0.491 e. The van der Waals surface area contributed by atoms with Crippen LogP contribution in [0.15, 0.2) is 88.7 Å². The summed E-state index contributed by atoms with van der Waals surface area (Å²) in [4.78, 5) is 0.138. The summed E-state index contributed by atoms with van der Waals surface area (Å²) in [5.41, 5.74) is 1.47. The molecule has 5 N–H and O–H groups in total. The summed E-state index contributed by atoms with van der Waals surface area (Å²) in [6.07, 6.45) is -0.122. The van der Waals surface area contributed by atoms with Gasteiger partial charge in [-0.2, -0.15) is 0 Å². The Morgan fingerprint density at radius 3 is 2.24 bits per heavy atom. The number of benzene rings is 3. The van der Waals surface area contributed by atoms with Gasteiger partial charge in [0.15, 0.2) is 0 Å². The van der Waals surface area contributed by atoms with Crippen LogP contribution in [0.2, 0.25) is 0 Å². The molecular weight excluding hydrogens is 478 g/mol. The fourth-order valence-corrected chi connectivity index (χ4v) is 4.68. The van der Waals surface area contributed by atoms with Crippen molar-refractivity contribution in [1.82, 2.24) is 5.32 Å². The van der Waals surface area contributed by atoms with Gasteiger partial charge in [0.05, 0.1) is 9.79 Å². The van der Waals surface area contributed by atoms with Gasteiger partial charge in [-0.1, -0.05) is 36.4 Å². The van der Waals surface area contributed by atoms with Gasteiger partial charge in [-0.3, -0.25) is 4.72 Å². The molecule has 0 unspecified atom stereocenters. The number of nitrogens with two attached hydrogens (primary N) is 1. The lowest BCUT2D eigenvalue weighted by Crippen LogP contribution is -2.32. The third-order valence-corrected chi connectivity index (χ3v) is 7.11. The van der Waals surface area contributed by atoms with Gasteiger partial charge < -0.3 is 15.2 Å². The number of sulfonamides is 2. The molecule has 0 aliphatic carbocycles. The summed E-state index contributed by atoms with van der Waals surface area (Å²) >= 11 is 0. The third-order valence-electron chi connectivity index (χ3n) is 4.81. The predicted molar refractivity (Wildman–Crippen MR) is 130 cm³/mol. The molecule has 0 aromatic heterocycles. The van der Waals surface area contributed by atoms with Crippen molar-refractivity contribution >= 4 is 25.7 Å². The molecule has 11 heteroatoms. The Kier molecular flexibility index (Phi) is 8.64. The molecule has 0 saturated carbocycles. The normalized spacial score (nSPS) is 12.8. The third kappa shape index (κ3) is 7.82. The lowest BCUT2D eigenvalue weighted by Gasteiger charge is -2.14. The molecule has 3 aromatic rings. The second-order valence-electron chi connectivity index (χ2n) is 7.55. The molecule has 3 rings (SSSR count). The summed E-state index contributed by atoms with van der Waals surface area (Å²) < 4.78 is 55.5. The van der Waals surface area contributed by atoms with Crippen LogP contribution in [-0.2, 0) is 26.5 Å². The standard InChI is InChI=1S/C23H27N3O6S2/c24-33(28,29)23-8-4-5-21(15-23)32-17-20(27)16-25-14-13-18-9-11-19(12-10-18)26-34(30,31)22-6-2-1-3-7-22/h1-12,15,20,25-27H,13-14,16-17H2,(H2,24,28,29)/t20-/m0/s1. The van der Waals surface area contributed by atoms with E-state index in [2.05, 4.69) is 10.0 Å². The molecule has 0 aliphatic heterocycles. The van der Waals surface area contributed by atoms with Crippen LogP contribution in [0.4, 0.5) is 5.69 Å². The summed E-state index contributed by atoms with van der Waals surface area (Å²) in [7, 11) is -7.45. The zero-order valence-corrected chi connectivity index (χ0v) is 19.9. The molecule has 9 nitrogen and oxygen atoms in total. The van der Waals surface area contributed by atoms with Gasteiger partial charge in [0.1, 0.15) is 18.5 Å². The van der Waals surface area contributed by atoms with Gasteiger partial charge in [0.2, 0.25) is 10.0 Å². The quantitative estimate of drug-likeness (QED) is 0.274. The van der Waals surface area contributed by atoms with Crippen LogP contribution < -0.4 is 19.9 Å². The molecule has 34 heavy (non-hydrogen) atoms. The van der Waals surface area contributed by atoms with E-state index in [0.29, 0.717) is 24.4 Å². The molecule has 0 spiro atoms. The molecule has 182 valence electrons. The molecule has 0 radical (unpaired) electrons. The van der Waals surface area contributed by atoms with E-state index in [1.54, 1.807) is 36.4 Å². The Labute approximate surface area is 199 Å². The lowest BCUT2D eigenvalue weighted by atomic mass is 10.1. The minimum atomic E-state index is -3.82. The average molecular weight is 506 g/mol. The molecule has 3 aromatic carbocycles. The molecule has 0 amide bonds. The highest BCUT2D eigenvalue weighted by molar-refractivity contribution is 7.92. The topological polar surface area (TPSA) is 148 Å². The van der Waals surface area contributed by atoms with Crippen molar-refractivity contribution in [3.8, 4) is 5.75 Å². The maximum atomic E-state index is 12.4. The number of anilines is 1. The zero-order chi connectivity index (χ0) is 24.6. The number of hydrogen-bond acceptors (Lipinski definition) is 7. The first-order chi connectivity index (χ1) is 16.1. The van der Waals surface area contributed by atoms with Gasteiger partial charge in [0, 0.05) is 18.3 Å². The molecule has 0 aliphatic rings. The van der Waals surface area contributed by atoms with Crippen molar-refractivity contribution in [2.24, 2.45) is 5.14 Å². The van der Waals surface area contributed by atoms with E-state index in [1.165, 1.54) is 30.3 Å². The number of hydrogen-bond donors (Lipinski definition) is 4. The molecule has 1 atom stereocenters. The smallest absolute Gasteiger partial charge is 0.261 e. The number of ether oxygens (including phenoxy) is 1. The Morgan fingerprint density at radius 1 is 0.882 bits per heavy atom. The van der Waals surface area contributed by atoms with Crippen LogP contribution >= 0.6 is 0 Å². The van der Waals surface area contributed by atoms with Crippen molar-refractivity contribution in [3.63, 3.8) is 0 Å². The van der Waals surface area contributed by atoms with Gasteiger partial charge in [-0.25, -0.2) is 22.0 Å². The Morgan fingerprint density at radius 2 is 1.56 bits per heavy atom. The Balaban J connectivity index is 1.39. The fraction of sp³-hybridized carbons (Fsp3) is 0.217. The van der Waals surface area contributed by atoms with Gasteiger partial charge in [-0.15, -0.1) is 0 Å². The number of nitrogens with one attached hydrogen (secondary N) is 2. The fourth-order valence-electron chi connectivity index (χ4n) is 3.05. The number of aliphatic hydroxyl groups is 1. The van der Waals surface area contributed by atoms with E-state index in [-0.39, 0.29) is 22.9 Å². The van der Waals surface area contributed by atoms with E-state index in [9.17, 15) is 21.9 Å². The number of aliphatic hydroxyl groups excluding tert-OH is 1. The maximum absolute atomic E-state index is 12.4. The lowest BCUT2D eigenvalue weighted by molar-refractivity contribution is 0.106. The van der Waals surface area contributed by atoms with Gasteiger partial charge in [-0.05, 0) is 54.9 Å². The highest BCUT2D eigenvalue weighted by atomic mass is 32.2. The van der Waals surface area contributed by atoms with Crippen molar-refractivity contribution in [2.45, 2.75) is 22.3 Å². The van der Waals surface area contributed by atoms with E-state index in [4.69, 9.17) is 9.88 Å². The SMILES string of the molecule is NS(=O)(=O)c1cccc(OC[C@@H](O)CNCCc2ccc(NS(=O)(=O)c3ccccc3)cc2)c1. The average Bonchev–Trinajstić information content (AvgIpc) is 2.81. The second kappa shape index (κ2) is 11.4. The molecule has 0 saturated heterocycles. The van der Waals surface area contributed by atoms with E-state index < -0.39 is 26.2 Å². The summed E-state index contributed by atoms with van der Waals surface area (Å²) in [6.45, 7) is 0.855. The largest absolute Gasteiger partial charge is 0.491 e. The molecule has 0 bridgehead atoms. The highest BCUT2D eigenvalue weighted by Crippen LogP contribution is 2.17. The minimum absolute atomic E-state index is 0.0165. The summed E-state index contributed by atoms with van der Waals surface area (Å²) in [5.74, 6) is 0.300. The van der Waals surface area contributed by atoms with Crippen LogP contribution in [0.5, 0.6) is 5.75 Å². The monoisotopic (exact) mass is 505 g/mol. The Hall–Kier alpha value is -2.96. The van der Waals surface area contributed by atoms with Gasteiger partial charge >= 0.3 is 0 Å². The maximum Gasteiger partial charge on any atom is 0.261 e. The van der Waals surface area contributed by atoms with Crippen molar-refractivity contribution in [2.75, 3.05) is 24.4 Å². The molecular formula is C23H27N3O6S2. The van der Waals surface area contributed by atoms with Crippen molar-refractivity contribution in [1.29, 1.82) is 0 Å². The van der Waals surface area contributed by atoms with Crippen molar-refractivity contribution < 1.29 is 26.7 Å². The van der Waals surface area contributed by atoms with E-state index in [1.807, 2.05) is 12.1 Å². The predicted octanol–water partition coefficient (Wildman–Crippen LogP) is 1.71. The van der Waals surface area contributed by atoms with E-state index in [0.717, 1.165) is 5.56 Å². The first kappa shape index (κ1) is 25.7. The number of primary sulfonamides is 1. The summed E-state index contributed by atoms with van der Waals surface area (Å²) in [5, 5.41) is 18.3. The van der Waals surface area contributed by atoms with Crippen LogP contribution in [0.1, 0.15) is 5.56 Å². The number of rotatable bonds is 12. The van der Waals surface area contributed by atoms with Crippen LogP contribution in [0, 0.1) is 0 Å². The van der Waals surface area contributed by atoms with E-state index >= 15 is 0 Å². The first-order valence-electron chi connectivity index (χ1n) is 10.4. The van der Waals surface area contributed by atoms with Gasteiger partial charge in [0.25, 0.3) is 10.0 Å². The molecule has 0 fully saturated rings. The molecule has 0 heterocycles. The van der Waals surface area contributed by atoms with Crippen LogP contribution in [-0.4, -0.2) is 47.7 Å². The second-order valence-corrected chi connectivity index (χ2v) is 10.8. The van der Waals surface area contributed by atoms with Crippen molar-refractivity contribution in [3.05, 3.63) is 84.4 Å². The van der Waals surface area contributed by atoms with Crippen LogP contribution in [0.3, 0.4) is 0 Å². The Bertz CT molecular complexity index is 1280. The first-order valence-corrected chi connectivity index (χ1v) is 13.5. The van der Waals surface area contributed by atoms with Crippen LogP contribution in [0.25, 0.3) is 0 Å². The highest BCUT2D eigenvalue weighted by Gasteiger charge is 2.13.